The summed E-state index contributed by atoms with van der Waals surface area (Å²) in [5.41, 5.74) is 8.49. The maximum atomic E-state index is 5.54. The van der Waals surface area contributed by atoms with Gasteiger partial charge in [0.1, 0.15) is 5.82 Å². The molecule has 0 fully saturated rings. The van der Waals surface area contributed by atoms with E-state index < -0.39 is 0 Å². The van der Waals surface area contributed by atoms with Crippen molar-refractivity contribution < 1.29 is 0 Å². The molecule has 5 heteroatoms. The fourth-order valence-electron chi connectivity index (χ4n) is 1.40. The first-order chi connectivity index (χ1) is 7.15. The molecule has 2 heterocycles. The van der Waals surface area contributed by atoms with Crippen molar-refractivity contribution in [3.05, 3.63) is 35.3 Å². The molecule has 78 valence electrons. The number of nitrogen functional groups attached to an aromatic ring is 1. The molecule has 0 bridgehead atoms. The molecule has 0 radical (unpaired) electrons. The van der Waals surface area contributed by atoms with Gasteiger partial charge in [-0.15, -0.1) is 0 Å². The number of rotatable bonds is 2. The van der Waals surface area contributed by atoms with Crippen LogP contribution in [0.2, 0.25) is 0 Å². The number of hydrogen-bond acceptors (Lipinski definition) is 4. The molecule has 0 aromatic carbocycles. The molecule has 0 spiro atoms. The molecular weight excluding hydrogens is 190 g/mol. The van der Waals surface area contributed by atoms with Gasteiger partial charge >= 0.3 is 0 Å². The van der Waals surface area contributed by atoms with Gasteiger partial charge < -0.3 is 5.73 Å². The van der Waals surface area contributed by atoms with Gasteiger partial charge in [0.2, 0.25) is 0 Å². The van der Waals surface area contributed by atoms with Gasteiger partial charge in [0.15, 0.2) is 0 Å². The van der Waals surface area contributed by atoms with Gasteiger partial charge in [-0.05, 0) is 31.5 Å². The molecule has 0 amide bonds. The van der Waals surface area contributed by atoms with Gasteiger partial charge in [-0.25, -0.2) is 0 Å². The third-order valence-corrected chi connectivity index (χ3v) is 2.20. The molecule has 2 aromatic heterocycles. The van der Waals surface area contributed by atoms with Crippen LogP contribution >= 0.6 is 0 Å². The summed E-state index contributed by atoms with van der Waals surface area (Å²) in [5, 5.41) is 12.2. The minimum atomic E-state index is 0.534. The molecule has 0 aliphatic carbocycles. The van der Waals surface area contributed by atoms with Crippen molar-refractivity contribution in [1.82, 2.24) is 20.0 Å². The molecular formula is C10H13N5. The number of nitrogens with zero attached hydrogens (tertiary/aromatic N) is 4. The molecule has 2 aromatic rings. The van der Waals surface area contributed by atoms with Crippen LogP contribution in [0.5, 0.6) is 0 Å². The zero-order valence-electron chi connectivity index (χ0n) is 8.81. The zero-order chi connectivity index (χ0) is 10.8. The first-order valence-electron chi connectivity index (χ1n) is 4.74. The van der Waals surface area contributed by atoms with Gasteiger partial charge in [-0.2, -0.15) is 15.3 Å². The number of hydrogen-bond donors (Lipinski definition) is 1. The topological polar surface area (TPSA) is 69.6 Å². The summed E-state index contributed by atoms with van der Waals surface area (Å²) in [6.45, 7) is 4.54. The smallest absolute Gasteiger partial charge is 0.145 e. The predicted octanol–water partition coefficient (Wildman–Crippen LogP) is 0.920. The second-order valence-electron chi connectivity index (χ2n) is 3.53. The second kappa shape index (κ2) is 3.68. The fraction of sp³-hybridized carbons (Fsp3) is 0.300. The molecule has 0 saturated carbocycles. The van der Waals surface area contributed by atoms with E-state index in [1.54, 1.807) is 10.7 Å². The number of aromatic nitrogens is 4. The molecule has 15 heavy (non-hydrogen) atoms. The van der Waals surface area contributed by atoms with Crippen LogP contribution in [-0.2, 0) is 6.54 Å². The third kappa shape index (κ3) is 2.12. The maximum absolute atomic E-state index is 5.54. The summed E-state index contributed by atoms with van der Waals surface area (Å²) >= 11 is 0. The van der Waals surface area contributed by atoms with Crippen molar-refractivity contribution >= 4 is 5.82 Å². The number of anilines is 1. The lowest BCUT2D eigenvalue weighted by Gasteiger charge is -2.05. The van der Waals surface area contributed by atoms with Crippen molar-refractivity contribution in [1.29, 1.82) is 0 Å². The van der Waals surface area contributed by atoms with Crippen molar-refractivity contribution in [2.45, 2.75) is 20.4 Å². The lowest BCUT2D eigenvalue weighted by atomic mass is 10.2. The Balaban J connectivity index is 2.27. The monoisotopic (exact) mass is 203 g/mol. The predicted molar refractivity (Wildman–Crippen MR) is 57.2 cm³/mol. The minimum absolute atomic E-state index is 0.534. The highest BCUT2D eigenvalue weighted by molar-refractivity contribution is 5.25. The summed E-state index contributed by atoms with van der Waals surface area (Å²) < 4.78 is 1.79. The van der Waals surface area contributed by atoms with E-state index in [4.69, 9.17) is 5.73 Å². The highest BCUT2D eigenvalue weighted by Crippen LogP contribution is 2.08. The third-order valence-electron chi connectivity index (χ3n) is 2.20. The van der Waals surface area contributed by atoms with E-state index in [0.717, 1.165) is 17.0 Å². The molecule has 5 nitrogen and oxygen atoms in total. The second-order valence-corrected chi connectivity index (χ2v) is 3.53. The van der Waals surface area contributed by atoms with E-state index >= 15 is 0 Å². The quantitative estimate of drug-likeness (QED) is 0.788. The summed E-state index contributed by atoms with van der Waals surface area (Å²) in [7, 11) is 0. The Kier molecular flexibility index (Phi) is 2.37. The van der Waals surface area contributed by atoms with E-state index in [-0.39, 0.29) is 0 Å². The van der Waals surface area contributed by atoms with Crippen molar-refractivity contribution in [2.24, 2.45) is 0 Å². The van der Waals surface area contributed by atoms with Crippen LogP contribution in [0.3, 0.4) is 0 Å². The van der Waals surface area contributed by atoms with Crippen molar-refractivity contribution in [3.63, 3.8) is 0 Å². The van der Waals surface area contributed by atoms with E-state index in [1.165, 1.54) is 0 Å². The average molecular weight is 203 g/mol. The van der Waals surface area contributed by atoms with Crippen LogP contribution in [0.4, 0.5) is 5.82 Å². The molecule has 2 rings (SSSR count). The first kappa shape index (κ1) is 9.64. The van der Waals surface area contributed by atoms with Gasteiger partial charge in [0.05, 0.1) is 17.9 Å². The largest absolute Gasteiger partial charge is 0.382 e. The van der Waals surface area contributed by atoms with Crippen LogP contribution in [-0.4, -0.2) is 20.0 Å². The lowest BCUT2D eigenvalue weighted by Crippen LogP contribution is -2.05. The number of nitrogens with two attached hydrogens (primary N) is 1. The average Bonchev–Trinajstić information content (AvgIpc) is 2.58. The van der Waals surface area contributed by atoms with Crippen LogP contribution in [0.1, 0.15) is 17.0 Å². The molecule has 2 N–H and O–H groups in total. The highest BCUT2D eigenvalue weighted by Gasteiger charge is 2.03. The van der Waals surface area contributed by atoms with Gasteiger partial charge in [-0.1, -0.05) is 0 Å². The minimum Gasteiger partial charge on any atom is -0.382 e. The van der Waals surface area contributed by atoms with Gasteiger partial charge in [0.25, 0.3) is 0 Å². The SMILES string of the molecule is Cc1cc(Cn2ccc(N)n2)c(C)nn1. The molecule has 0 saturated heterocycles. The van der Waals surface area contributed by atoms with Crippen LogP contribution < -0.4 is 5.73 Å². The molecule has 0 atom stereocenters. The highest BCUT2D eigenvalue weighted by atomic mass is 15.3. The van der Waals surface area contributed by atoms with Crippen LogP contribution in [0, 0.1) is 13.8 Å². The Bertz CT molecular complexity index is 474. The fourth-order valence-corrected chi connectivity index (χ4v) is 1.40. The van der Waals surface area contributed by atoms with E-state index in [0.29, 0.717) is 12.4 Å². The Hall–Kier alpha value is -1.91. The van der Waals surface area contributed by atoms with E-state index in [2.05, 4.69) is 15.3 Å². The molecule has 0 aliphatic rings. The van der Waals surface area contributed by atoms with Crippen molar-refractivity contribution in [2.75, 3.05) is 5.73 Å². The van der Waals surface area contributed by atoms with Crippen molar-refractivity contribution in [3.8, 4) is 0 Å². The van der Waals surface area contributed by atoms with E-state index in [1.807, 2.05) is 26.1 Å². The lowest BCUT2D eigenvalue weighted by molar-refractivity contribution is 0.679. The first-order valence-corrected chi connectivity index (χ1v) is 4.74. The van der Waals surface area contributed by atoms with Gasteiger partial charge in [-0.3, -0.25) is 4.68 Å². The Labute approximate surface area is 87.9 Å². The van der Waals surface area contributed by atoms with Gasteiger partial charge in [0, 0.05) is 6.20 Å². The van der Waals surface area contributed by atoms with Crippen LogP contribution in [0.25, 0.3) is 0 Å². The Morgan fingerprint density at radius 2 is 2.13 bits per heavy atom. The summed E-state index contributed by atoms with van der Waals surface area (Å²) in [6.07, 6.45) is 1.85. The summed E-state index contributed by atoms with van der Waals surface area (Å²) in [4.78, 5) is 0. The molecule has 0 aliphatic heterocycles. The zero-order valence-corrected chi connectivity index (χ0v) is 8.81. The van der Waals surface area contributed by atoms with E-state index in [9.17, 15) is 0 Å². The normalized spacial score (nSPS) is 10.5. The molecule has 0 unspecified atom stereocenters. The standard InChI is InChI=1S/C10H13N5/c1-7-5-9(8(2)13-12-7)6-15-4-3-10(11)14-15/h3-5H,6H2,1-2H3,(H2,11,14). The summed E-state index contributed by atoms with van der Waals surface area (Å²) in [6, 6.07) is 3.79. The summed E-state index contributed by atoms with van der Waals surface area (Å²) in [5.74, 6) is 0.534. The number of aryl methyl sites for hydroxylation is 2. The Morgan fingerprint density at radius 3 is 2.80 bits per heavy atom. The maximum Gasteiger partial charge on any atom is 0.145 e. The van der Waals surface area contributed by atoms with Crippen LogP contribution in [0.15, 0.2) is 18.3 Å². The Morgan fingerprint density at radius 1 is 1.33 bits per heavy atom.